The van der Waals surface area contributed by atoms with Gasteiger partial charge in [-0.25, -0.2) is 0 Å². The van der Waals surface area contributed by atoms with Crippen molar-refractivity contribution >= 4 is 29.2 Å². The van der Waals surface area contributed by atoms with Crippen molar-refractivity contribution in [2.45, 2.75) is 19.9 Å². The molecular formula is C13H18Cl2N6O. The number of nitrogens with one attached hydrogen (secondary N) is 2. The van der Waals surface area contributed by atoms with Gasteiger partial charge in [0.05, 0.1) is 11.6 Å². The molecule has 22 heavy (non-hydrogen) atoms. The second-order valence-corrected chi connectivity index (χ2v) is 5.44. The summed E-state index contributed by atoms with van der Waals surface area (Å²) < 4.78 is 6.87. The van der Waals surface area contributed by atoms with E-state index in [4.69, 9.17) is 27.7 Å². The number of hydrogen-bond acceptors (Lipinski definition) is 4. The molecule has 0 unspecified atom stereocenters. The van der Waals surface area contributed by atoms with Crippen LogP contribution in [-0.2, 0) is 20.0 Å². The molecule has 0 fully saturated rings. The minimum Gasteiger partial charge on any atom is -0.356 e. The smallest absolute Gasteiger partial charge is 0.228 e. The zero-order chi connectivity index (χ0) is 16.1. The quantitative estimate of drug-likeness (QED) is 0.639. The predicted octanol–water partition coefficient (Wildman–Crippen LogP) is 1.93. The second kappa shape index (κ2) is 7.51. The van der Waals surface area contributed by atoms with E-state index >= 15 is 0 Å². The van der Waals surface area contributed by atoms with Gasteiger partial charge in [-0.3, -0.25) is 4.99 Å². The second-order valence-electron chi connectivity index (χ2n) is 4.67. The highest BCUT2D eigenvalue weighted by Gasteiger charge is 2.09. The van der Waals surface area contributed by atoms with Crippen LogP contribution in [0.1, 0.15) is 17.4 Å². The van der Waals surface area contributed by atoms with E-state index in [-0.39, 0.29) is 0 Å². The minimum atomic E-state index is 0.521. The summed E-state index contributed by atoms with van der Waals surface area (Å²) in [6.07, 6.45) is 0.628. The van der Waals surface area contributed by atoms with Crippen LogP contribution < -0.4 is 10.6 Å². The van der Waals surface area contributed by atoms with Crippen molar-refractivity contribution in [3.05, 3.63) is 33.7 Å². The van der Waals surface area contributed by atoms with Crippen molar-refractivity contribution in [1.29, 1.82) is 0 Å². The molecule has 0 aromatic carbocycles. The maximum absolute atomic E-state index is 6.04. The summed E-state index contributed by atoms with van der Waals surface area (Å²) in [5, 5.41) is 11.2. The maximum Gasteiger partial charge on any atom is 0.228 e. The Hall–Kier alpha value is -1.73. The Bertz CT molecular complexity index is 664. The summed E-state index contributed by atoms with van der Waals surface area (Å²) in [6.45, 7) is 2.98. The Kier molecular flexibility index (Phi) is 5.68. The summed E-state index contributed by atoms with van der Waals surface area (Å²) in [5.41, 5.74) is 0.963. The lowest BCUT2D eigenvalue weighted by atomic mass is 10.4. The van der Waals surface area contributed by atoms with Gasteiger partial charge in [0.25, 0.3) is 0 Å². The Balaban J connectivity index is 1.81. The topological polar surface area (TPSA) is 80.3 Å². The first-order valence-electron chi connectivity index (χ1n) is 6.74. The average molecular weight is 345 g/mol. The average Bonchev–Trinajstić information content (AvgIpc) is 3.02. The number of halogens is 2. The third kappa shape index (κ3) is 4.14. The Morgan fingerprint density at radius 2 is 2.18 bits per heavy atom. The van der Waals surface area contributed by atoms with Crippen LogP contribution in [0.15, 0.2) is 15.6 Å². The number of aromatic nitrogens is 3. The van der Waals surface area contributed by atoms with Crippen molar-refractivity contribution in [3.63, 3.8) is 0 Å². The summed E-state index contributed by atoms with van der Waals surface area (Å²) >= 11 is 12.0. The Labute approximate surface area is 138 Å². The molecule has 0 aliphatic carbocycles. The molecule has 2 aromatic rings. The molecule has 0 amide bonds. The van der Waals surface area contributed by atoms with Gasteiger partial charge in [0, 0.05) is 32.8 Å². The third-order valence-corrected chi connectivity index (χ3v) is 3.92. The standard InChI is InChI=1S/C13H18Cl2N6O/c1-8-19-11(22-20-8)4-5-17-13(16-2)18-7-9-6-10(14)12(15)21(9)3/h6H,4-5,7H2,1-3H3,(H2,16,17,18). The molecule has 0 saturated carbocycles. The number of hydrogen-bond donors (Lipinski definition) is 2. The Morgan fingerprint density at radius 1 is 1.41 bits per heavy atom. The molecule has 2 rings (SSSR count). The zero-order valence-electron chi connectivity index (χ0n) is 12.7. The first kappa shape index (κ1) is 16.6. The maximum atomic E-state index is 6.04. The predicted molar refractivity (Wildman–Crippen MR) is 86.4 cm³/mol. The van der Waals surface area contributed by atoms with Gasteiger partial charge in [0.15, 0.2) is 11.8 Å². The van der Waals surface area contributed by atoms with Crippen molar-refractivity contribution in [2.75, 3.05) is 13.6 Å². The van der Waals surface area contributed by atoms with E-state index in [1.54, 1.807) is 14.0 Å². The van der Waals surface area contributed by atoms with Crippen molar-refractivity contribution < 1.29 is 4.52 Å². The fraction of sp³-hybridized carbons (Fsp3) is 0.462. The molecule has 0 atom stereocenters. The van der Waals surface area contributed by atoms with Crippen LogP contribution in [0, 0.1) is 6.92 Å². The zero-order valence-corrected chi connectivity index (χ0v) is 14.2. The van der Waals surface area contributed by atoms with Crippen LogP contribution in [0.5, 0.6) is 0 Å². The van der Waals surface area contributed by atoms with Gasteiger partial charge < -0.3 is 19.7 Å². The molecule has 2 aromatic heterocycles. The molecule has 0 radical (unpaired) electrons. The lowest BCUT2D eigenvalue weighted by molar-refractivity contribution is 0.374. The molecular weight excluding hydrogens is 327 g/mol. The van der Waals surface area contributed by atoms with Crippen molar-refractivity contribution in [3.8, 4) is 0 Å². The highest BCUT2D eigenvalue weighted by Crippen LogP contribution is 2.24. The molecule has 7 nitrogen and oxygen atoms in total. The molecule has 2 N–H and O–H groups in total. The first-order chi connectivity index (χ1) is 10.5. The third-order valence-electron chi connectivity index (χ3n) is 3.08. The highest BCUT2D eigenvalue weighted by molar-refractivity contribution is 6.41. The Morgan fingerprint density at radius 3 is 2.73 bits per heavy atom. The van der Waals surface area contributed by atoms with E-state index in [1.807, 2.05) is 17.7 Å². The van der Waals surface area contributed by atoms with Crippen LogP contribution in [-0.4, -0.2) is 34.3 Å². The lowest BCUT2D eigenvalue weighted by Crippen LogP contribution is -2.38. The molecule has 0 saturated heterocycles. The van der Waals surface area contributed by atoms with Crippen LogP contribution in [0.4, 0.5) is 0 Å². The van der Waals surface area contributed by atoms with Crippen LogP contribution >= 0.6 is 23.2 Å². The van der Waals surface area contributed by atoms with E-state index in [9.17, 15) is 0 Å². The number of aryl methyl sites for hydroxylation is 1. The van der Waals surface area contributed by atoms with Gasteiger partial charge in [-0.05, 0) is 13.0 Å². The lowest BCUT2D eigenvalue weighted by Gasteiger charge is -2.11. The molecule has 9 heteroatoms. The molecule has 0 bridgehead atoms. The highest BCUT2D eigenvalue weighted by atomic mass is 35.5. The van der Waals surface area contributed by atoms with E-state index in [0.717, 1.165) is 5.69 Å². The summed E-state index contributed by atoms with van der Waals surface area (Å²) in [4.78, 5) is 8.29. The first-order valence-corrected chi connectivity index (χ1v) is 7.50. The minimum absolute atomic E-state index is 0.521. The van der Waals surface area contributed by atoms with Gasteiger partial charge in [0.1, 0.15) is 5.15 Å². The van der Waals surface area contributed by atoms with Crippen LogP contribution in [0.2, 0.25) is 10.2 Å². The van der Waals surface area contributed by atoms with E-state index in [0.29, 0.717) is 47.4 Å². The summed E-state index contributed by atoms with van der Waals surface area (Å²) in [7, 11) is 3.57. The molecule has 0 spiro atoms. The number of nitrogens with zero attached hydrogens (tertiary/aromatic N) is 4. The summed E-state index contributed by atoms with van der Waals surface area (Å²) in [5.74, 6) is 1.90. The summed E-state index contributed by atoms with van der Waals surface area (Å²) in [6, 6.07) is 1.82. The fourth-order valence-electron chi connectivity index (χ4n) is 1.88. The van der Waals surface area contributed by atoms with Gasteiger partial charge in [-0.1, -0.05) is 28.4 Å². The molecule has 0 aliphatic rings. The van der Waals surface area contributed by atoms with Crippen LogP contribution in [0.3, 0.4) is 0 Å². The molecule has 2 heterocycles. The number of rotatable bonds is 5. The molecule has 0 aliphatic heterocycles. The van der Waals surface area contributed by atoms with E-state index < -0.39 is 0 Å². The van der Waals surface area contributed by atoms with Gasteiger partial charge >= 0.3 is 0 Å². The number of guanidine groups is 1. The van der Waals surface area contributed by atoms with Crippen molar-refractivity contribution in [2.24, 2.45) is 12.0 Å². The largest absolute Gasteiger partial charge is 0.356 e. The number of aliphatic imine (C=N–C) groups is 1. The van der Waals surface area contributed by atoms with Crippen LogP contribution in [0.25, 0.3) is 0 Å². The monoisotopic (exact) mass is 344 g/mol. The van der Waals surface area contributed by atoms with E-state index in [2.05, 4.69) is 25.8 Å². The van der Waals surface area contributed by atoms with Gasteiger partial charge in [-0.15, -0.1) is 0 Å². The van der Waals surface area contributed by atoms with Crippen molar-refractivity contribution in [1.82, 2.24) is 25.3 Å². The fourth-order valence-corrected chi connectivity index (χ4v) is 2.30. The van der Waals surface area contributed by atoms with E-state index in [1.165, 1.54) is 0 Å². The van der Waals surface area contributed by atoms with Gasteiger partial charge in [0.2, 0.25) is 5.89 Å². The normalized spacial score (nSPS) is 11.8. The SMILES string of the molecule is CN=C(NCCc1nc(C)no1)NCc1cc(Cl)c(Cl)n1C. The van der Waals surface area contributed by atoms with Gasteiger partial charge in [-0.2, -0.15) is 4.98 Å². The molecule has 120 valence electrons.